The van der Waals surface area contributed by atoms with Crippen molar-refractivity contribution in [2.24, 2.45) is 0 Å². The van der Waals surface area contributed by atoms with E-state index < -0.39 is 6.23 Å². The number of rotatable bonds is 4. The highest BCUT2D eigenvalue weighted by Crippen LogP contribution is 2.10. The monoisotopic (exact) mass is 181 g/mol. The second-order valence-electron chi connectivity index (χ2n) is 2.90. The second-order valence-corrected chi connectivity index (χ2v) is 2.90. The molecular weight excluding hydrogens is 166 g/mol. The van der Waals surface area contributed by atoms with Crippen LogP contribution in [0.25, 0.3) is 0 Å². The average Bonchev–Trinajstić information content (AvgIpc) is 2.15. The Balaban J connectivity index is 2.49. The van der Waals surface area contributed by atoms with E-state index in [-0.39, 0.29) is 0 Å². The van der Waals surface area contributed by atoms with Crippen molar-refractivity contribution >= 4 is 0 Å². The molecule has 13 heavy (non-hydrogen) atoms. The van der Waals surface area contributed by atoms with Crippen molar-refractivity contribution in [2.75, 3.05) is 7.11 Å². The molecule has 1 unspecified atom stereocenters. The molecule has 3 nitrogen and oxygen atoms in total. The summed E-state index contributed by atoms with van der Waals surface area (Å²) in [7, 11) is 1.64. The molecule has 0 aliphatic heterocycles. The minimum atomic E-state index is -0.470. The summed E-state index contributed by atoms with van der Waals surface area (Å²) in [5.74, 6) is 0.848. The standard InChI is InChI=1S/C10H15NO2/c1-8(12)11-7-9-3-5-10(13-2)6-4-9/h3-6,8,11-12H,7H2,1-2H3. The summed E-state index contributed by atoms with van der Waals surface area (Å²) < 4.78 is 5.02. The summed E-state index contributed by atoms with van der Waals surface area (Å²) in [6, 6.07) is 7.74. The van der Waals surface area contributed by atoms with Crippen molar-refractivity contribution in [3.05, 3.63) is 29.8 Å². The van der Waals surface area contributed by atoms with Gasteiger partial charge >= 0.3 is 0 Å². The minimum Gasteiger partial charge on any atom is -0.497 e. The first-order valence-corrected chi connectivity index (χ1v) is 4.27. The lowest BCUT2D eigenvalue weighted by molar-refractivity contribution is 0.155. The van der Waals surface area contributed by atoms with Gasteiger partial charge < -0.3 is 9.84 Å². The van der Waals surface area contributed by atoms with Gasteiger partial charge in [-0.3, -0.25) is 5.32 Å². The molecule has 0 aromatic heterocycles. The molecule has 1 aromatic rings. The fourth-order valence-electron chi connectivity index (χ4n) is 1.01. The first-order chi connectivity index (χ1) is 6.22. The zero-order chi connectivity index (χ0) is 9.68. The quantitative estimate of drug-likeness (QED) is 0.684. The number of hydrogen-bond donors (Lipinski definition) is 2. The Morgan fingerprint density at radius 2 is 2.00 bits per heavy atom. The SMILES string of the molecule is COc1ccc(CNC(C)O)cc1. The lowest BCUT2D eigenvalue weighted by atomic mass is 10.2. The van der Waals surface area contributed by atoms with Gasteiger partial charge in [-0.05, 0) is 24.6 Å². The molecule has 0 saturated heterocycles. The lowest BCUT2D eigenvalue weighted by Gasteiger charge is -2.07. The Bertz CT molecular complexity index is 244. The van der Waals surface area contributed by atoms with Gasteiger partial charge in [0.2, 0.25) is 0 Å². The van der Waals surface area contributed by atoms with E-state index in [1.54, 1.807) is 14.0 Å². The number of nitrogens with one attached hydrogen (secondary N) is 1. The average molecular weight is 181 g/mol. The van der Waals surface area contributed by atoms with Gasteiger partial charge in [0.25, 0.3) is 0 Å². The van der Waals surface area contributed by atoms with Crippen LogP contribution < -0.4 is 10.1 Å². The highest BCUT2D eigenvalue weighted by atomic mass is 16.5. The van der Waals surface area contributed by atoms with Gasteiger partial charge in [0, 0.05) is 6.54 Å². The molecule has 1 atom stereocenters. The summed E-state index contributed by atoms with van der Waals surface area (Å²) in [6.45, 7) is 2.37. The first-order valence-electron chi connectivity index (χ1n) is 4.27. The summed E-state index contributed by atoms with van der Waals surface area (Å²) in [4.78, 5) is 0. The molecule has 0 amide bonds. The van der Waals surface area contributed by atoms with Crippen LogP contribution in [0.2, 0.25) is 0 Å². The number of aliphatic hydroxyl groups is 1. The van der Waals surface area contributed by atoms with E-state index in [9.17, 15) is 0 Å². The third-order valence-electron chi connectivity index (χ3n) is 1.76. The number of hydrogen-bond acceptors (Lipinski definition) is 3. The fourth-order valence-corrected chi connectivity index (χ4v) is 1.01. The third kappa shape index (κ3) is 3.44. The van der Waals surface area contributed by atoms with Gasteiger partial charge in [-0.1, -0.05) is 12.1 Å². The number of benzene rings is 1. The van der Waals surface area contributed by atoms with Crippen LogP contribution in [0.5, 0.6) is 5.75 Å². The fraction of sp³-hybridized carbons (Fsp3) is 0.400. The van der Waals surface area contributed by atoms with E-state index in [1.807, 2.05) is 24.3 Å². The molecular formula is C10H15NO2. The van der Waals surface area contributed by atoms with Crippen molar-refractivity contribution in [1.82, 2.24) is 5.32 Å². The summed E-state index contributed by atoms with van der Waals surface area (Å²) in [5, 5.41) is 11.9. The van der Waals surface area contributed by atoms with E-state index in [4.69, 9.17) is 9.84 Å². The highest BCUT2D eigenvalue weighted by Gasteiger charge is 1.96. The Morgan fingerprint density at radius 1 is 1.38 bits per heavy atom. The molecule has 0 aliphatic rings. The minimum absolute atomic E-state index is 0.470. The molecule has 3 heteroatoms. The predicted molar refractivity (Wildman–Crippen MR) is 51.5 cm³/mol. The van der Waals surface area contributed by atoms with Crippen LogP contribution in [-0.4, -0.2) is 18.4 Å². The van der Waals surface area contributed by atoms with E-state index in [2.05, 4.69) is 5.32 Å². The second kappa shape index (κ2) is 4.84. The molecule has 0 fully saturated rings. The Labute approximate surface area is 78.3 Å². The molecule has 0 spiro atoms. The van der Waals surface area contributed by atoms with Gasteiger partial charge in [-0.25, -0.2) is 0 Å². The topological polar surface area (TPSA) is 41.5 Å². The van der Waals surface area contributed by atoms with Gasteiger partial charge in [0.15, 0.2) is 0 Å². The van der Waals surface area contributed by atoms with E-state index in [0.717, 1.165) is 11.3 Å². The Kier molecular flexibility index (Phi) is 3.73. The lowest BCUT2D eigenvalue weighted by Crippen LogP contribution is -2.24. The van der Waals surface area contributed by atoms with E-state index >= 15 is 0 Å². The smallest absolute Gasteiger partial charge is 0.118 e. The predicted octanol–water partition coefficient (Wildman–Crippen LogP) is 1.12. The van der Waals surface area contributed by atoms with Crippen LogP contribution in [0.15, 0.2) is 24.3 Å². The number of aliphatic hydroxyl groups excluding tert-OH is 1. The van der Waals surface area contributed by atoms with Crippen LogP contribution in [0.3, 0.4) is 0 Å². The van der Waals surface area contributed by atoms with Crippen LogP contribution in [0, 0.1) is 0 Å². The van der Waals surface area contributed by atoms with Crippen LogP contribution in [-0.2, 0) is 6.54 Å². The number of ether oxygens (including phenoxy) is 1. The zero-order valence-corrected chi connectivity index (χ0v) is 7.95. The van der Waals surface area contributed by atoms with Crippen molar-refractivity contribution in [3.63, 3.8) is 0 Å². The first kappa shape index (κ1) is 10.0. The molecule has 2 N–H and O–H groups in total. The summed E-state index contributed by atoms with van der Waals surface area (Å²) in [6.07, 6.45) is -0.470. The largest absolute Gasteiger partial charge is 0.497 e. The normalized spacial score (nSPS) is 12.5. The van der Waals surface area contributed by atoms with Gasteiger partial charge in [-0.2, -0.15) is 0 Å². The zero-order valence-electron chi connectivity index (χ0n) is 7.95. The molecule has 0 heterocycles. The maximum atomic E-state index is 8.98. The van der Waals surface area contributed by atoms with Crippen molar-refractivity contribution < 1.29 is 9.84 Å². The summed E-state index contributed by atoms with van der Waals surface area (Å²) in [5.41, 5.74) is 1.13. The van der Waals surface area contributed by atoms with Crippen molar-refractivity contribution in [3.8, 4) is 5.75 Å². The van der Waals surface area contributed by atoms with Crippen molar-refractivity contribution in [2.45, 2.75) is 19.7 Å². The molecule has 1 rings (SSSR count). The summed E-state index contributed by atoms with van der Waals surface area (Å²) >= 11 is 0. The van der Waals surface area contributed by atoms with Crippen molar-refractivity contribution in [1.29, 1.82) is 0 Å². The van der Waals surface area contributed by atoms with Crippen LogP contribution in [0.1, 0.15) is 12.5 Å². The molecule has 0 bridgehead atoms. The Morgan fingerprint density at radius 3 is 2.46 bits per heavy atom. The molecule has 72 valence electrons. The molecule has 0 radical (unpaired) electrons. The maximum Gasteiger partial charge on any atom is 0.118 e. The maximum absolute atomic E-state index is 8.98. The Hall–Kier alpha value is -1.06. The molecule has 0 saturated carbocycles. The van der Waals surface area contributed by atoms with E-state index in [1.165, 1.54) is 0 Å². The van der Waals surface area contributed by atoms with Gasteiger partial charge in [-0.15, -0.1) is 0 Å². The third-order valence-corrected chi connectivity index (χ3v) is 1.76. The van der Waals surface area contributed by atoms with Gasteiger partial charge in [0.1, 0.15) is 12.0 Å². The van der Waals surface area contributed by atoms with Gasteiger partial charge in [0.05, 0.1) is 7.11 Å². The molecule has 1 aromatic carbocycles. The van der Waals surface area contributed by atoms with Crippen LogP contribution in [0.4, 0.5) is 0 Å². The molecule has 0 aliphatic carbocycles. The van der Waals surface area contributed by atoms with E-state index in [0.29, 0.717) is 6.54 Å². The highest BCUT2D eigenvalue weighted by molar-refractivity contribution is 5.26. The van der Waals surface area contributed by atoms with Crippen LogP contribution >= 0.6 is 0 Å². The number of methoxy groups -OCH3 is 1.